The molecule has 0 unspecified atom stereocenters. The second-order valence-corrected chi connectivity index (χ2v) is 8.14. The van der Waals surface area contributed by atoms with Crippen molar-refractivity contribution in [3.63, 3.8) is 0 Å². The van der Waals surface area contributed by atoms with E-state index in [-0.39, 0.29) is 24.4 Å². The molecule has 0 spiro atoms. The van der Waals surface area contributed by atoms with E-state index in [2.05, 4.69) is 36.9 Å². The first kappa shape index (κ1) is 39.0. The van der Waals surface area contributed by atoms with Gasteiger partial charge in [-0.15, -0.1) is 0 Å². The number of aliphatic hydroxyl groups is 1. The number of carbonyl (C=O) groups excluding carboxylic acids is 1. The SMILES string of the molecule is CC(N)=O.C[N+](C)(C)CCO.NC(N)=NCCC[C@H](N)C(=O)O.NC(N)=NCCC[C@H](N)C(=O)O. The fraction of sp³-hybridized carbons (Fsp3) is 0.737. The minimum atomic E-state index is -1.00. The molecular formula is C19H47N10O6+. The maximum Gasteiger partial charge on any atom is 0.320 e. The molecule has 0 bridgehead atoms. The number of guanidine groups is 2. The minimum absolute atomic E-state index is 0.0129. The first-order valence-electron chi connectivity index (χ1n) is 10.6. The Labute approximate surface area is 206 Å². The number of carboxylic acids is 2. The molecular weight excluding hydrogens is 464 g/mol. The lowest BCUT2D eigenvalue weighted by Gasteiger charge is -2.21. The molecule has 0 saturated heterocycles. The van der Waals surface area contributed by atoms with Crippen molar-refractivity contribution in [3.8, 4) is 0 Å². The summed E-state index contributed by atoms with van der Waals surface area (Å²) in [4.78, 5) is 37.0. The van der Waals surface area contributed by atoms with Gasteiger partial charge in [-0.05, 0) is 25.7 Å². The maximum absolute atomic E-state index is 10.2. The monoisotopic (exact) mass is 511 g/mol. The highest BCUT2D eigenvalue weighted by atomic mass is 16.4. The average Bonchev–Trinajstić information content (AvgIpc) is 2.67. The molecule has 0 rings (SSSR count). The summed E-state index contributed by atoms with van der Waals surface area (Å²) in [6.07, 6.45) is 1.91. The number of hydrogen-bond acceptors (Lipinski definition) is 8. The second kappa shape index (κ2) is 23.9. The molecule has 16 heteroatoms. The van der Waals surface area contributed by atoms with Gasteiger partial charge in [-0.2, -0.15) is 0 Å². The fourth-order valence-corrected chi connectivity index (χ4v) is 1.59. The molecule has 35 heavy (non-hydrogen) atoms. The molecule has 1 amide bonds. The zero-order valence-corrected chi connectivity index (χ0v) is 21.3. The topological polar surface area (TPSA) is 319 Å². The predicted molar refractivity (Wildman–Crippen MR) is 136 cm³/mol. The molecule has 17 N–H and O–H groups in total. The van der Waals surface area contributed by atoms with Crippen LogP contribution < -0.4 is 40.1 Å². The Morgan fingerprint density at radius 3 is 1.20 bits per heavy atom. The number of carbonyl (C=O) groups is 3. The number of likely N-dealkylation sites (N-methyl/N-ethyl adjacent to an activating group) is 1. The van der Waals surface area contributed by atoms with Gasteiger partial charge in [-0.3, -0.25) is 24.4 Å². The lowest BCUT2D eigenvalue weighted by molar-refractivity contribution is -0.870. The van der Waals surface area contributed by atoms with Gasteiger partial charge in [0.05, 0.1) is 27.7 Å². The number of amides is 1. The number of nitrogens with two attached hydrogens (primary N) is 7. The van der Waals surface area contributed by atoms with E-state index >= 15 is 0 Å². The largest absolute Gasteiger partial charge is 0.480 e. The Balaban J connectivity index is -0.000000196. The van der Waals surface area contributed by atoms with Crippen LogP contribution in [0.1, 0.15) is 32.6 Å². The van der Waals surface area contributed by atoms with Crippen molar-refractivity contribution >= 4 is 29.8 Å². The number of hydrogen-bond donors (Lipinski definition) is 10. The van der Waals surface area contributed by atoms with Crippen molar-refractivity contribution in [2.45, 2.75) is 44.7 Å². The summed E-state index contributed by atoms with van der Waals surface area (Å²) < 4.78 is 0.844. The first-order valence-corrected chi connectivity index (χ1v) is 10.6. The molecule has 0 aromatic carbocycles. The third kappa shape index (κ3) is 49.1. The van der Waals surface area contributed by atoms with E-state index in [9.17, 15) is 14.4 Å². The first-order chi connectivity index (χ1) is 15.9. The van der Waals surface area contributed by atoms with Crippen molar-refractivity contribution in [1.82, 2.24) is 0 Å². The Morgan fingerprint density at radius 2 is 1.06 bits per heavy atom. The Hall–Kier alpha value is -3.21. The molecule has 0 heterocycles. The fourth-order valence-electron chi connectivity index (χ4n) is 1.59. The highest BCUT2D eigenvalue weighted by molar-refractivity contribution is 5.76. The van der Waals surface area contributed by atoms with Crippen LogP contribution in [0, 0.1) is 0 Å². The molecule has 0 aromatic heterocycles. The van der Waals surface area contributed by atoms with Crippen molar-refractivity contribution in [2.75, 3.05) is 47.4 Å². The number of aliphatic imine (C=N–C) groups is 2. The normalized spacial score (nSPS) is 11.4. The third-order valence-corrected chi connectivity index (χ3v) is 3.34. The Bertz CT molecular complexity index is 586. The number of quaternary nitrogens is 1. The number of carboxylic acid groups (broad SMARTS) is 2. The number of nitrogens with zero attached hydrogens (tertiary/aromatic N) is 3. The van der Waals surface area contributed by atoms with Crippen LogP contribution in [0.15, 0.2) is 9.98 Å². The van der Waals surface area contributed by atoms with Gasteiger partial charge < -0.3 is 59.9 Å². The molecule has 2 atom stereocenters. The molecule has 0 fully saturated rings. The average molecular weight is 512 g/mol. The molecule has 16 nitrogen and oxygen atoms in total. The van der Waals surface area contributed by atoms with Gasteiger partial charge in [0.15, 0.2) is 11.9 Å². The zero-order valence-electron chi connectivity index (χ0n) is 21.3. The summed E-state index contributed by atoms with van der Waals surface area (Å²) in [5, 5.41) is 25.1. The predicted octanol–water partition coefficient (Wildman–Crippen LogP) is -3.92. The van der Waals surface area contributed by atoms with E-state index in [0.717, 1.165) is 11.0 Å². The molecule has 0 aliphatic carbocycles. The number of rotatable bonds is 12. The summed E-state index contributed by atoms with van der Waals surface area (Å²) in [5.74, 6) is -2.31. The van der Waals surface area contributed by atoms with Crippen molar-refractivity contribution in [2.24, 2.45) is 50.1 Å². The van der Waals surface area contributed by atoms with Crippen molar-refractivity contribution in [1.29, 1.82) is 0 Å². The number of primary amides is 1. The summed E-state index contributed by atoms with van der Waals surface area (Å²) in [6.45, 7) is 3.26. The van der Waals surface area contributed by atoms with E-state index in [4.69, 9.17) is 49.7 Å². The standard InChI is InChI=1S/2C6H14N4O2.C5H14NO.C2H5NO/c2*7-4(5(11)12)2-1-3-10-6(8)9;1-6(2,3)4-5-7;1-2(3)4/h2*4H,1-3,7H2,(H,11,12)(H4,8,9,10);7H,4-5H2,1-3H3;1H3,(H2,3,4)/q;;+1;/t2*4-;;/m00../s1. The van der Waals surface area contributed by atoms with Crippen LogP contribution in [0.4, 0.5) is 0 Å². The molecule has 0 radical (unpaired) electrons. The van der Waals surface area contributed by atoms with Gasteiger partial charge in [-0.25, -0.2) is 0 Å². The van der Waals surface area contributed by atoms with Crippen molar-refractivity contribution in [3.05, 3.63) is 0 Å². The maximum atomic E-state index is 10.2. The van der Waals surface area contributed by atoms with E-state index < -0.39 is 24.0 Å². The second-order valence-electron chi connectivity index (χ2n) is 8.14. The highest BCUT2D eigenvalue weighted by Gasteiger charge is 2.10. The lowest BCUT2D eigenvalue weighted by Crippen LogP contribution is -2.36. The smallest absolute Gasteiger partial charge is 0.320 e. The van der Waals surface area contributed by atoms with E-state index in [1.54, 1.807) is 0 Å². The van der Waals surface area contributed by atoms with Gasteiger partial charge >= 0.3 is 11.9 Å². The summed E-state index contributed by atoms with van der Waals surface area (Å²) in [7, 11) is 6.16. The van der Waals surface area contributed by atoms with Crippen LogP contribution >= 0.6 is 0 Å². The van der Waals surface area contributed by atoms with Crippen LogP contribution in [0.3, 0.4) is 0 Å². The zero-order chi connectivity index (χ0) is 28.6. The Kier molecular flexibility index (Phi) is 26.7. The number of aliphatic hydroxyl groups excluding tert-OH is 1. The summed E-state index contributed by atoms with van der Waals surface area (Å²) in [5.41, 5.74) is 35.1. The van der Waals surface area contributed by atoms with E-state index in [0.29, 0.717) is 38.8 Å². The van der Waals surface area contributed by atoms with E-state index in [1.807, 2.05) is 0 Å². The van der Waals surface area contributed by atoms with Crippen LogP contribution in [0.25, 0.3) is 0 Å². The van der Waals surface area contributed by atoms with E-state index in [1.165, 1.54) is 6.92 Å². The minimum Gasteiger partial charge on any atom is -0.480 e. The molecule has 0 aliphatic rings. The Morgan fingerprint density at radius 1 is 0.771 bits per heavy atom. The van der Waals surface area contributed by atoms with Gasteiger partial charge in [0.2, 0.25) is 5.91 Å². The van der Waals surface area contributed by atoms with Gasteiger partial charge in [0, 0.05) is 20.0 Å². The molecule has 0 aliphatic heterocycles. The molecule has 0 saturated carbocycles. The van der Waals surface area contributed by atoms with Crippen LogP contribution in [0.2, 0.25) is 0 Å². The summed E-state index contributed by atoms with van der Waals surface area (Å²) in [6, 6.07) is -1.64. The van der Waals surface area contributed by atoms with Crippen LogP contribution in [-0.2, 0) is 14.4 Å². The third-order valence-electron chi connectivity index (χ3n) is 3.34. The summed E-state index contributed by atoms with van der Waals surface area (Å²) >= 11 is 0. The number of aliphatic carboxylic acids is 2. The highest BCUT2D eigenvalue weighted by Crippen LogP contribution is 1.95. The van der Waals surface area contributed by atoms with Crippen LogP contribution in [0.5, 0.6) is 0 Å². The van der Waals surface area contributed by atoms with Gasteiger partial charge in [0.25, 0.3) is 0 Å². The van der Waals surface area contributed by atoms with Crippen molar-refractivity contribution < 1.29 is 34.2 Å². The molecule has 208 valence electrons. The quantitative estimate of drug-likeness (QED) is 0.0519. The van der Waals surface area contributed by atoms with Crippen LogP contribution in [-0.4, -0.2) is 109 Å². The van der Waals surface area contributed by atoms with Gasteiger partial charge in [-0.1, -0.05) is 0 Å². The van der Waals surface area contributed by atoms with Gasteiger partial charge in [0.1, 0.15) is 18.6 Å². The molecule has 0 aromatic rings. The lowest BCUT2D eigenvalue weighted by atomic mass is 10.2.